The lowest BCUT2D eigenvalue weighted by Crippen LogP contribution is -2.28. The van der Waals surface area contributed by atoms with Crippen molar-refractivity contribution in [1.82, 2.24) is 9.55 Å². The van der Waals surface area contributed by atoms with E-state index in [4.69, 9.17) is 21.1 Å². The third-order valence-corrected chi connectivity index (χ3v) is 4.08. The van der Waals surface area contributed by atoms with Crippen molar-refractivity contribution in [2.24, 2.45) is 0 Å². The number of aromatic nitrogens is 2. The van der Waals surface area contributed by atoms with Crippen LogP contribution in [0.15, 0.2) is 23.1 Å². The quantitative estimate of drug-likeness (QED) is 0.783. The zero-order valence-electron chi connectivity index (χ0n) is 14.7. The minimum Gasteiger partial charge on any atom is -0.434 e. The first-order valence-electron chi connectivity index (χ1n) is 7.90. The van der Waals surface area contributed by atoms with Crippen LogP contribution in [-0.4, -0.2) is 23.3 Å². The smallest absolute Gasteiger partial charge is 0.314 e. The Morgan fingerprint density at radius 3 is 2.42 bits per heavy atom. The Hall–Kier alpha value is -1.85. The average molecular weight is 351 g/mol. The van der Waals surface area contributed by atoms with Gasteiger partial charge in [-0.2, -0.15) is 4.98 Å². The van der Waals surface area contributed by atoms with Crippen LogP contribution in [0.1, 0.15) is 36.1 Å². The minimum absolute atomic E-state index is 0.0212. The van der Waals surface area contributed by atoms with Gasteiger partial charge in [-0.25, -0.2) is 0 Å². The molecular weight excluding hydrogens is 328 g/mol. The normalized spacial score (nSPS) is 12.2. The number of ether oxygens (including phenoxy) is 2. The third kappa shape index (κ3) is 3.97. The van der Waals surface area contributed by atoms with Gasteiger partial charge in [0.05, 0.1) is 12.6 Å². The Morgan fingerprint density at radius 2 is 1.88 bits per heavy atom. The largest absolute Gasteiger partial charge is 0.434 e. The summed E-state index contributed by atoms with van der Waals surface area (Å²) in [5, 5.41) is 0.210. The fourth-order valence-electron chi connectivity index (χ4n) is 2.81. The van der Waals surface area contributed by atoms with Crippen molar-refractivity contribution in [3.05, 3.63) is 50.5 Å². The van der Waals surface area contributed by atoms with Crippen LogP contribution < -0.4 is 10.3 Å². The summed E-state index contributed by atoms with van der Waals surface area (Å²) in [6.07, 6.45) is 2.26. The average Bonchev–Trinajstić information content (AvgIpc) is 2.51. The Bertz CT molecular complexity index is 763. The first-order chi connectivity index (χ1) is 11.4. The van der Waals surface area contributed by atoms with E-state index < -0.39 is 0 Å². The molecule has 0 amide bonds. The molecule has 2 aromatic rings. The van der Waals surface area contributed by atoms with E-state index in [1.807, 2.05) is 39.8 Å². The predicted molar refractivity (Wildman–Crippen MR) is 95.4 cm³/mol. The predicted octanol–water partition coefficient (Wildman–Crippen LogP) is 4.21. The lowest BCUT2D eigenvalue weighted by molar-refractivity contribution is 0.151. The molecule has 6 heteroatoms. The Morgan fingerprint density at radius 1 is 1.25 bits per heavy atom. The fraction of sp³-hybridized carbons (Fsp3) is 0.444. The standard InChI is InChI=1S/C18H23ClN2O3/c1-6-14(10-23-5)21-9-15(19)20-17(18(21)22)24-16-12(3)7-11(2)8-13(16)4/h7-9,14H,6,10H2,1-5H3. The third-order valence-electron chi connectivity index (χ3n) is 3.90. The second kappa shape index (κ2) is 7.81. The highest BCUT2D eigenvalue weighted by atomic mass is 35.5. The minimum atomic E-state index is -0.317. The van der Waals surface area contributed by atoms with Gasteiger partial charge < -0.3 is 14.0 Å². The van der Waals surface area contributed by atoms with Crippen LogP contribution in [0, 0.1) is 20.8 Å². The zero-order chi connectivity index (χ0) is 17.9. The second-order valence-electron chi connectivity index (χ2n) is 5.93. The number of halogens is 1. The number of benzene rings is 1. The van der Waals surface area contributed by atoms with Crippen molar-refractivity contribution in [3.8, 4) is 11.6 Å². The van der Waals surface area contributed by atoms with Crippen LogP contribution in [-0.2, 0) is 4.74 Å². The SMILES string of the molecule is CCC(COC)n1cc(Cl)nc(Oc2c(C)cc(C)cc2C)c1=O. The van der Waals surface area contributed by atoms with Gasteiger partial charge in [-0.05, 0) is 38.3 Å². The topological polar surface area (TPSA) is 53.4 Å². The molecule has 0 aliphatic heterocycles. The van der Waals surface area contributed by atoms with E-state index >= 15 is 0 Å². The lowest BCUT2D eigenvalue weighted by Gasteiger charge is -2.19. The van der Waals surface area contributed by atoms with Crippen LogP contribution in [0.5, 0.6) is 11.6 Å². The van der Waals surface area contributed by atoms with E-state index in [1.165, 1.54) is 10.8 Å². The summed E-state index contributed by atoms with van der Waals surface area (Å²) >= 11 is 6.10. The Kier molecular flexibility index (Phi) is 6.02. The number of nitrogens with zero attached hydrogens (tertiary/aromatic N) is 2. The summed E-state index contributed by atoms with van der Waals surface area (Å²) in [5.74, 6) is 0.617. The fourth-order valence-corrected chi connectivity index (χ4v) is 2.99. The van der Waals surface area contributed by atoms with Crippen molar-refractivity contribution in [3.63, 3.8) is 0 Å². The van der Waals surface area contributed by atoms with Crippen LogP contribution in [0.25, 0.3) is 0 Å². The van der Waals surface area contributed by atoms with Crippen LogP contribution in [0.3, 0.4) is 0 Å². The van der Waals surface area contributed by atoms with Gasteiger partial charge in [0.15, 0.2) is 0 Å². The number of hydrogen-bond donors (Lipinski definition) is 0. The number of hydrogen-bond acceptors (Lipinski definition) is 4. The maximum absolute atomic E-state index is 12.8. The molecule has 1 heterocycles. The molecule has 5 nitrogen and oxygen atoms in total. The highest BCUT2D eigenvalue weighted by molar-refractivity contribution is 6.29. The molecule has 0 saturated heterocycles. The highest BCUT2D eigenvalue weighted by Gasteiger charge is 2.18. The molecule has 1 aromatic heterocycles. The molecule has 0 spiro atoms. The highest BCUT2D eigenvalue weighted by Crippen LogP contribution is 2.28. The van der Waals surface area contributed by atoms with Gasteiger partial charge in [0, 0.05) is 13.3 Å². The first-order valence-corrected chi connectivity index (χ1v) is 8.28. The molecule has 0 aliphatic carbocycles. The molecule has 0 saturated carbocycles. The van der Waals surface area contributed by atoms with Gasteiger partial charge in [0.25, 0.3) is 5.88 Å². The molecule has 0 fully saturated rings. The number of aryl methyl sites for hydroxylation is 3. The van der Waals surface area contributed by atoms with Crippen LogP contribution in [0.4, 0.5) is 0 Å². The van der Waals surface area contributed by atoms with Gasteiger partial charge in [-0.15, -0.1) is 0 Å². The van der Waals surface area contributed by atoms with Crippen molar-refractivity contribution in [2.45, 2.75) is 40.2 Å². The first kappa shape index (κ1) is 18.5. The summed E-state index contributed by atoms with van der Waals surface area (Å²) in [4.78, 5) is 16.8. The summed E-state index contributed by atoms with van der Waals surface area (Å²) < 4.78 is 12.6. The van der Waals surface area contributed by atoms with Crippen molar-refractivity contribution in [2.75, 3.05) is 13.7 Å². The van der Waals surface area contributed by atoms with Gasteiger partial charge in [0.2, 0.25) is 0 Å². The van der Waals surface area contributed by atoms with Crippen LogP contribution in [0.2, 0.25) is 5.15 Å². The van der Waals surface area contributed by atoms with Gasteiger partial charge in [-0.1, -0.05) is 36.2 Å². The number of methoxy groups -OCH3 is 1. The molecule has 24 heavy (non-hydrogen) atoms. The molecule has 1 atom stereocenters. The lowest BCUT2D eigenvalue weighted by atomic mass is 10.1. The van der Waals surface area contributed by atoms with Crippen LogP contribution >= 0.6 is 11.6 Å². The molecular formula is C18H23ClN2O3. The molecule has 130 valence electrons. The molecule has 2 rings (SSSR count). The van der Waals surface area contributed by atoms with E-state index in [2.05, 4.69) is 4.98 Å². The monoisotopic (exact) mass is 350 g/mol. The molecule has 1 aromatic carbocycles. The second-order valence-corrected chi connectivity index (χ2v) is 6.32. The van der Waals surface area contributed by atoms with Gasteiger partial charge in [0.1, 0.15) is 10.9 Å². The summed E-state index contributed by atoms with van der Waals surface area (Å²) in [6.45, 7) is 8.30. The summed E-state index contributed by atoms with van der Waals surface area (Å²) in [6, 6.07) is 3.89. The van der Waals surface area contributed by atoms with E-state index in [0.29, 0.717) is 12.4 Å². The summed E-state index contributed by atoms with van der Waals surface area (Å²) in [5.41, 5.74) is 2.72. The Labute approximate surface area is 147 Å². The maximum Gasteiger partial charge on any atom is 0.314 e. The maximum atomic E-state index is 12.8. The Balaban J connectivity index is 2.49. The van der Waals surface area contributed by atoms with E-state index in [9.17, 15) is 4.79 Å². The number of rotatable bonds is 6. The molecule has 0 radical (unpaired) electrons. The van der Waals surface area contributed by atoms with E-state index in [1.54, 1.807) is 7.11 Å². The molecule has 0 N–H and O–H groups in total. The van der Waals surface area contributed by atoms with E-state index in [0.717, 1.165) is 23.1 Å². The zero-order valence-corrected chi connectivity index (χ0v) is 15.5. The molecule has 0 bridgehead atoms. The molecule has 1 unspecified atom stereocenters. The van der Waals surface area contributed by atoms with Crippen molar-refractivity contribution in [1.29, 1.82) is 0 Å². The van der Waals surface area contributed by atoms with Crippen molar-refractivity contribution < 1.29 is 9.47 Å². The van der Waals surface area contributed by atoms with Gasteiger partial charge in [-0.3, -0.25) is 4.79 Å². The summed E-state index contributed by atoms with van der Waals surface area (Å²) in [7, 11) is 1.60. The van der Waals surface area contributed by atoms with E-state index in [-0.39, 0.29) is 22.6 Å². The molecule has 0 aliphatic rings. The van der Waals surface area contributed by atoms with Crippen molar-refractivity contribution >= 4 is 11.6 Å². The van der Waals surface area contributed by atoms with Gasteiger partial charge >= 0.3 is 5.56 Å².